The van der Waals surface area contributed by atoms with Crippen LogP contribution in [0.3, 0.4) is 0 Å². The summed E-state index contributed by atoms with van der Waals surface area (Å²) in [5.74, 6) is 0.0307. The summed E-state index contributed by atoms with van der Waals surface area (Å²) in [4.78, 5) is 30.0. The van der Waals surface area contributed by atoms with Gasteiger partial charge in [0.05, 0.1) is 0 Å². The topological polar surface area (TPSA) is 49.4 Å². The third-order valence-electron chi connectivity index (χ3n) is 7.17. The van der Waals surface area contributed by atoms with Crippen molar-refractivity contribution in [1.82, 2.24) is 10.2 Å². The van der Waals surface area contributed by atoms with E-state index in [-0.39, 0.29) is 24.2 Å². The summed E-state index contributed by atoms with van der Waals surface area (Å²) in [5.41, 5.74) is 5.33. The highest BCUT2D eigenvalue weighted by Gasteiger charge is 2.32. The van der Waals surface area contributed by atoms with Crippen LogP contribution in [0.5, 0.6) is 0 Å². The number of amides is 2. The van der Waals surface area contributed by atoms with Crippen molar-refractivity contribution in [2.24, 2.45) is 5.92 Å². The van der Waals surface area contributed by atoms with Crippen LogP contribution in [0.15, 0.2) is 115 Å². The van der Waals surface area contributed by atoms with Gasteiger partial charge >= 0.3 is 0 Å². The quantitative estimate of drug-likeness (QED) is 0.215. The average Bonchev–Trinajstić information content (AvgIpc) is 2.97. The van der Waals surface area contributed by atoms with Gasteiger partial charge in [0.2, 0.25) is 11.8 Å². The molecule has 0 saturated carbocycles. The second kappa shape index (κ2) is 14.3. The van der Waals surface area contributed by atoms with E-state index in [9.17, 15) is 9.59 Å². The van der Waals surface area contributed by atoms with Crippen molar-refractivity contribution >= 4 is 11.8 Å². The standard InChI is InChI=1S/C36H40N2O2/c1-27(2)25-37-36(40)34(23-29-15-7-4-8-16-29)38(26-30-17-13-14-28(3)22-30)35(39)24-33(31-18-9-5-10-19-31)32-20-11-6-12-21-32/h4-22,27,33-34H,23-26H2,1-3H3,(H,37,40)/t34-/m0/s1. The molecule has 0 aromatic heterocycles. The van der Waals surface area contributed by atoms with Crippen molar-refractivity contribution in [3.63, 3.8) is 0 Å². The van der Waals surface area contributed by atoms with Gasteiger partial charge < -0.3 is 10.2 Å². The lowest BCUT2D eigenvalue weighted by atomic mass is 9.87. The summed E-state index contributed by atoms with van der Waals surface area (Å²) in [6.07, 6.45) is 0.715. The van der Waals surface area contributed by atoms with Crippen LogP contribution in [-0.4, -0.2) is 29.3 Å². The largest absolute Gasteiger partial charge is 0.354 e. The van der Waals surface area contributed by atoms with Crippen LogP contribution in [0, 0.1) is 12.8 Å². The van der Waals surface area contributed by atoms with Crippen LogP contribution in [0.1, 0.15) is 54.0 Å². The molecule has 4 nitrogen and oxygen atoms in total. The molecule has 0 bridgehead atoms. The van der Waals surface area contributed by atoms with Crippen LogP contribution in [-0.2, 0) is 22.6 Å². The highest BCUT2D eigenvalue weighted by atomic mass is 16.2. The molecule has 0 radical (unpaired) electrons. The maximum atomic E-state index is 14.4. The first kappa shape index (κ1) is 28.8. The Morgan fingerprint density at radius 3 is 1.82 bits per heavy atom. The van der Waals surface area contributed by atoms with Crippen molar-refractivity contribution in [1.29, 1.82) is 0 Å². The van der Waals surface area contributed by atoms with Crippen LogP contribution < -0.4 is 5.32 Å². The smallest absolute Gasteiger partial charge is 0.243 e. The Morgan fingerprint density at radius 2 is 1.27 bits per heavy atom. The number of hydrogen-bond acceptors (Lipinski definition) is 2. The summed E-state index contributed by atoms with van der Waals surface area (Å²) in [7, 11) is 0. The summed E-state index contributed by atoms with van der Waals surface area (Å²) < 4.78 is 0. The fraction of sp³-hybridized carbons (Fsp3) is 0.278. The van der Waals surface area contributed by atoms with Gasteiger partial charge in [-0.2, -0.15) is 0 Å². The lowest BCUT2D eigenvalue weighted by Crippen LogP contribution is -2.51. The van der Waals surface area contributed by atoms with E-state index in [2.05, 4.69) is 49.5 Å². The number of benzene rings is 4. The van der Waals surface area contributed by atoms with Crippen molar-refractivity contribution < 1.29 is 9.59 Å². The molecule has 4 rings (SSSR count). The van der Waals surface area contributed by atoms with Crippen LogP contribution in [0.2, 0.25) is 0 Å². The number of aryl methyl sites for hydroxylation is 1. The van der Waals surface area contributed by atoms with Crippen molar-refractivity contribution in [3.05, 3.63) is 143 Å². The maximum absolute atomic E-state index is 14.4. The normalized spacial score (nSPS) is 11.8. The molecule has 1 atom stereocenters. The number of carbonyl (C=O) groups is 2. The van der Waals surface area contributed by atoms with E-state index < -0.39 is 6.04 Å². The Morgan fingerprint density at radius 1 is 0.725 bits per heavy atom. The predicted octanol–water partition coefficient (Wildman–Crippen LogP) is 6.93. The highest BCUT2D eigenvalue weighted by Crippen LogP contribution is 2.30. The molecule has 0 spiro atoms. The van der Waals surface area contributed by atoms with E-state index in [1.54, 1.807) is 4.90 Å². The zero-order valence-corrected chi connectivity index (χ0v) is 23.8. The summed E-state index contributed by atoms with van der Waals surface area (Å²) in [6.45, 7) is 7.13. The predicted molar refractivity (Wildman–Crippen MR) is 163 cm³/mol. The van der Waals surface area contributed by atoms with Crippen molar-refractivity contribution in [2.75, 3.05) is 6.54 Å². The van der Waals surface area contributed by atoms with Crippen molar-refractivity contribution in [3.8, 4) is 0 Å². The molecule has 2 amide bonds. The molecule has 206 valence electrons. The minimum atomic E-state index is -0.638. The van der Waals surface area contributed by atoms with Crippen LogP contribution in [0.4, 0.5) is 0 Å². The van der Waals surface area contributed by atoms with Crippen LogP contribution in [0.25, 0.3) is 0 Å². The lowest BCUT2D eigenvalue weighted by molar-refractivity contribution is -0.141. The highest BCUT2D eigenvalue weighted by molar-refractivity contribution is 5.88. The number of carbonyl (C=O) groups excluding carboxylic acids is 2. The van der Waals surface area contributed by atoms with Gasteiger partial charge in [0, 0.05) is 31.8 Å². The Hall–Kier alpha value is -4.18. The first-order chi connectivity index (χ1) is 19.4. The third kappa shape index (κ3) is 8.16. The Labute approximate surface area is 239 Å². The molecule has 4 heteroatoms. The van der Waals surface area contributed by atoms with E-state index in [1.807, 2.05) is 91.9 Å². The Balaban J connectivity index is 1.73. The van der Waals surface area contributed by atoms with E-state index in [0.29, 0.717) is 25.4 Å². The molecule has 0 saturated heterocycles. The monoisotopic (exact) mass is 532 g/mol. The number of nitrogens with one attached hydrogen (secondary N) is 1. The van der Waals surface area contributed by atoms with Gasteiger partial charge in [-0.1, -0.05) is 135 Å². The SMILES string of the molecule is Cc1cccc(CN(C(=O)CC(c2ccccc2)c2ccccc2)[C@@H](Cc2ccccc2)C(=O)NCC(C)C)c1. The van der Waals surface area contributed by atoms with Crippen LogP contribution >= 0.6 is 0 Å². The molecular formula is C36H40N2O2. The fourth-order valence-corrected chi connectivity index (χ4v) is 5.07. The summed E-state index contributed by atoms with van der Waals surface area (Å²) in [5, 5.41) is 3.12. The van der Waals surface area contributed by atoms with Gasteiger partial charge in [0.15, 0.2) is 0 Å². The lowest BCUT2D eigenvalue weighted by Gasteiger charge is -2.33. The molecule has 1 N–H and O–H groups in total. The van der Waals surface area contributed by atoms with Gasteiger partial charge in [-0.3, -0.25) is 9.59 Å². The summed E-state index contributed by atoms with van der Waals surface area (Å²) >= 11 is 0. The fourth-order valence-electron chi connectivity index (χ4n) is 5.07. The minimum absolute atomic E-state index is 0.0418. The molecule has 0 fully saturated rings. The Bertz CT molecular complexity index is 1310. The minimum Gasteiger partial charge on any atom is -0.354 e. The molecule has 0 aliphatic rings. The molecular weight excluding hydrogens is 492 g/mol. The molecule has 40 heavy (non-hydrogen) atoms. The zero-order valence-electron chi connectivity index (χ0n) is 23.8. The zero-order chi connectivity index (χ0) is 28.3. The second-order valence-corrected chi connectivity index (χ2v) is 10.9. The molecule has 0 heterocycles. The van der Waals surface area contributed by atoms with E-state index in [0.717, 1.165) is 27.8 Å². The number of nitrogens with zero attached hydrogens (tertiary/aromatic N) is 1. The number of rotatable bonds is 12. The van der Waals surface area contributed by atoms with Gasteiger partial charge in [0.1, 0.15) is 6.04 Å². The van der Waals surface area contributed by atoms with Gasteiger partial charge in [-0.05, 0) is 35.1 Å². The molecule has 0 aliphatic carbocycles. The third-order valence-corrected chi connectivity index (χ3v) is 7.17. The van der Waals surface area contributed by atoms with Gasteiger partial charge in [0.25, 0.3) is 0 Å². The molecule has 4 aromatic carbocycles. The summed E-state index contributed by atoms with van der Waals surface area (Å²) in [6, 6.07) is 37.9. The van der Waals surface area contributed by atoms with Crippen molar-refractivity contribution in [2.45, 2.75) is 52.1 Å². The van der Waals surface area contributed by atoms with E-state index in [1.165, 1.54) is 0 Å². The molecule has 4 aromatic rings. The van der Waals surface area contributed by atoms with E-state index in [4.69, 9.17) is 0 Å². The van der Waals surface area contributed by atoms with Gasteiger partial charge in [-0.25, -0.2) is 0 Å². The Kier molecular flexibility index (Phi) is 10.3. The first-order valence-corrected chi connectivity index (χ1v) is 14.2. The first-order valence-electron chi connectivity index (χ1n) is 14.2. The second-order valence-electron chi connectivity index (χ2n) is 10.9. The number of hydrogen-bond donors (Lipinski definition) is 1. The van der Waals surface area contributed by atoms with E-state index >= 15 is 0 Å². The maximum Gasteiger partial charge on any atom is 0.243 e. The van der Waals surface area contributed by atoms with Gasteiger partial charge in [-0.15, -0.1) is 0 Å². The molecule has 0 unspecified atom stereocenters. The molecule has 0 aliphatic heterocycles. The average molecular weight is 533 g/mol.